The van der Waals surface area contributed by atoms with E-state index in [1.807, 2.05) is 52.0 Å². The van der Waals surface area contributed by atoms with Gasteiger partial charge in [0.2, 0.25) is 0 Å². The summed E-state index contributed by atoms with van der Waals surface area (Å²) in [4.78, 5) is 0. The maximum atomic E-state index is 14.5. The van der Waals surface area contributed by atoms with Gasteiger partial charge in [0.05, 0.1) is 31.1 Å². The molecule has 0 atom stereocenters. The predicted molar refractivity (Wildman–Crippen MR) is 97.3 cm³/mol. The molecule has 26 heavy (non-hydrogen) atoms. The zero-order valence-corrected chi connectivity index (χ0v) is 15.7. The first-order valence-corrected chi connectivity index (χ1v) is 8.46. The Labute approximate surface area is 153 Å². The number of nitrogens with zero attached hydrogens (tertiary/aromatic N) is 3. The molecule has 138 valence electrons. The first-order valence-electron chi connectivity index (χ1n) is 8.46. The van der Waals surface area contributed by atoms with Crippen molar-refractivity contribution in [3.63, 3.8) is 0 Å². The fourth-order valence-corrected chi connectivity index (χ4v) is 2.54. The van der Waals surface area contributed by atoms with Crippen molar-refractivity contribution < 1.29 is 18.4 Å². The van der Waals surface area contributed by atoms with Gasteiger partial charge in [0.15, 0.2) is 0 Å². The summed E-state index contributed by atoms with van der Waals surface area (Å²) in [6.07, 6.45) is 2.97. The van der Waals surface area contributed by atoms with Crippen molar-refractivity contribution in [2.24, 2.45) is 0 Å². The Morgan fingerprint density at radius 1 is 1.19 bits per heavy atom. The molecule has 2 aromatic rings. The molecule has 1 aromatic carbocycles. The standard InChI is InChI=1S/C18H23BFN3O3/c1-17(2)18(3,4)26-19(25-17)16(20)10-14-12-23(22-21-14)11-13-6-8-15(24-5)9-7-13/h6-10,12H,11H2,1-5H3. The van der Waals surface area contributed by atoms with Crippen molar-refractivity contribution >= 4 is 13.2 Å². The molecule has 8 heteroatoms. The highest BCUT2D eigenvalue weighted by Gasteiger charge is 2.53. The molecule has 0 N–H and O–H groups in total. The molecule has 0 spiro atoms. The Balaban J connectivity index is 1.68. The van der Waals surface area contributed by atoms with Crippen LogP contribution in [-0.4, -0.2) is 40.4 Å². The van der Waals surface area contributed by atoms with Crippen LogP contribution in [0.15, 0.2) is 36.2 Å². The highest BCUT2D eigenvalue weighted by Crippen LogP contribution is 2.38. The third-order valence-corrected chi connectivity index (χ3v) is 4.82. The molecule has 0 radical (unpaired) electrons. The van der Waals surface area contributed by atoms with Gasteiger partial charge >= 0.3 is 7.12 Å². The average molecular weight is 359 g/mol. The van der Waals surface area contributed by atoms with Crippen LogP contribution in [0.3, 0.4) is 0 Å². The highest BCUT2D eigenvalue weighted by molar-refractivity contribution is 6.54. The van der Waals surface area contributed by atoms with Crippen molar-refractivity contribution in [3.05, 3.63) is 47.4 Å². The largest absolute Gasteiger partial charge is 0.525 e. The zero-order valence-electron chi connectivity index (χ0n) is 15.7. The van der Waals surface area contributed by atoms with Gasteiger partial charge in [-0.15, -0.1) is 5.10 Å². The van der Waals surface area contributed by atoms with Crippen molar-refractivity contribution in [1.29, 1.82) is 0 Å². The third-order valence-electron chi connectivity index (χ3n) is 4.82. The molecule has 6 nitrogen and oxygen atoms in total. The second-order valence-electron chi connectivity index (χ2n) is 7.31. The first kappa shape index (κ1) is 18.6. The van der Waals surface area contributed by atoms with Gasteiger partial charge in [-0.1, -0.05) is 17.3 Å². The van der Waals surface area contributed by atoms with Crippen LogP contribution < -0.4 is 4.74 Å². The van der Waals surface area contributed by atoms with Crippen molar-refractivity contribution in [2.75, 3.05) is 7.11 Å². The van der Waals surface area contributed by atoms with E-state index in [1.165, 1.54) is 6.08 Å². The number of ether oxygens (including phenoxy) is 1. The molecular weight excluding hydrogens is 336 g/mol. The van der Waals surface area contributed by atoms with E-state index in [2.05, 4.69) is 10.3 Å². The summed E-state index contributed by atoms with van der Waals surface area (Å²) in [5.41, 5.74) is -0.257. The average Bonchev–Trinajstić information content (AvgIpc) is 3.09. The second-order valence-corrected chi connectivity index (χ2v) is 7.31. The van der Waals surface area contributed by atoms with Gasteiger partial charge in [-0.05, 0) is 51.5 Å². The van der Waals surface area contributed by atoms with Crippen LogP contribution in [0, 0.1) is 0 Å². The lowest BCUT2D eigenvalue weighted by Crippen LogP contribution is -2.41. The van der Waals surface area contributed by atoms with E-state index in [1.54, 1.807) is 18.0 Å². The molecular formula is C18H23BFN3O3. The minimum Gasteiger partial charge on any atom is -0.497 e. The molecule has 3 rings (SSSR count). The van der Waals surface area contributed by atoms with E-state index in [0.717, 1.165) is 11.3 Å². The van der Waals surface area contributed by atoms with Crippen LogP contribution in [0.1, 0.15) is 39.0 Å². The summed E-state index contributed by atoms with van der Waals surface area (Å²) >= 11 is 0. The normalized spacial score (nSPS) is 19.0. The van der Waals surface area contributed by atoms with E-state index in [4.69, 9.17) is 14.0 Å². The number of hydrogen-bond donors (Lipinski definition) is 0. The fourth-order valence-electron chi connectivity index (χ4n) is 2.54. The SMILES string of the molecule is COc1ccc(Cn2cc(C=C(F)B3OC(C)(C)C(C)(C)O3)nn2)cc1. The lowest BCUT2D eigenvalue weighted by molar-refractivity contribution is 0.00578. The molecule has 1 aliphatic heterocycles. The minimum absolute atomic E-state index is 0.408. The Bertz CT molecular complexity index is 786. The molecule has 0 amide bonds. The Hall–Kier alpha value is -2.19. The number of rotatable bonds is 5. The first-order chi connectivity index (χ1) is 12.2. The second kappa shape index (κ2) is 6.85. The maximum Gasteiger partial charge on any atom is 0.525 e. The van der Waals surface area contributed by atoms with Gasteiger partial charge in [0.1, 0.15) is 17.2 Å². The van der Waals surface area contributed by atoms with Gasteiger partial charge in [-0.2, -0.15) is 0 Å². The van der Waals surface area contributed by atoms with Gasteiger partial charge in [0.25, 0.3) is 0 Å². The summed E-state index contributed by atoms with van der Waals surface area (Å²) < 4.78 is 32.7. The summed E-state index contributed by atoms with van der Waals surface area (Å²) in [5, 5.41) is 8.02. The molecule has 0 aliphatic carbocycles. The lowest BCUT2D eigenvalue weighted by Gasteiger charge is -2.32. The quantitative estimate of drug-likeness (QED) is 0.767. The van der Waals surface area contributed by atoms with E-state index in [0.29, 0.717) is 12.2 Å². The number of benzene rings is 1. The number of aromatic nitrogens is 3. The molecule has 2 heterocycles. The highest BCUT2D eigenvalue weighted by atomic mass is 19.1. The van der Waals surface area contributed by atoms with Gasteiger partial charge < -0.3 is 14.0 Å². The van der Waals surface area contributed by atoms with Crippen molar-refractivity contribution in [1.82, 2.24) is 15.0 Å². The summed E-state index contributed by atoms with van der Waals surface area (Å²) in [7, 11) is 0.589. The smallest absolute Gasteiger partial charge is 0.497 e. The zero-order chi connectivity index (χ0) is 18.9. The maximum absolute atomic E-state index is 14.5. The number of hydrogen-bond acceptors (Lipinski definition) is 5. The minimum atomic E-state index is -1.04. The molecule has 1 aromatic heterocycles. The third kappa shape index (κ3) is 3.81. The summed E-state index contributed by atoms with van der Waals surface area (Å²) in [6.45, 7) is 8.05. The number of methoxy groups -OCH3 is 1. The van der Waals surface area contributed by atoms with Crippen LogP contribution in [-0.2, 0) is 15.9 Å². The molecule has 0 saturated carbocycles. The molecule has 0 unspecified atom stereocenters. The van der Waals surface area contributed by atoms with Gasteiger partial charge in [0, 0.05) is 0 Å². The van der Waals surface area contributed by atoms with E-state index < -0.39 is 24.0 Å². The fraction of sp³-hybridized carbons (Fsp3) is 0.444. The van der Waals surface area contributed by atoms with Crippen LogP contribution in [0.2, 0.25) is 0 Å². The van der Waals surface area contributed by atoms with Crippen LogP contribution in [0.5, 0.6) is 5.75 Å². The van der Waals surface area contributed by atoms with E-state index >= 15 is 0 Å². The predicted octanol–water partition coefficient (Wildman–Crippen LogP) is 3.28. The number of halogens is 1. The van der Waals surface area contributed by atoms with E-state index in [-0.39, 0.29) is 0 Å². The lowest BCUT2D eigenvalue weighted by atomic mass is 9.87. The van der Waals surface area contributed by atoms with E-state index in [9.17, 15) is 4.39 Å². The Kier molecular flexibility index (Phi) is 4.90. The van der Waals surface area contributed by atoms with Crippen LogP contribution in [0.4, 0.5) is 4.39 Å². The monoisotopic (exact) mass is 359 g/mol. The van der Waals surface area contributed by atoms with Crippen LogP contribution in [0.25, 0.3) is 6.08 Å². The topological polar surface area (TPSA) is 58.4 Å². The van der Waals surface area contributed by atoms with Crippen molar-refractivity contribution in [2.45, 2.75) is 45.4 Å². The molecule has 1 aliphatic rings. The molecule has 1 fully saturated rings. The van der Waals surface area contributed by atoms with Gasteiger partial charge in [-0.25, -0.2) is 9.07 Å². The Morgan fingerprint density at radius 2 is 1.81 bits per heavy atom. The molecule has 0 bridgehead atoms. The summed E-state index contributed by atoms with van der Waals surface area (Å²) in [5.74, 6) is 0.792. The van der Waals surface area contributed by atoms with Crippen molar-refractivity contribution in [3.8, 4) is 5.75 Å². The Morgan fingerprint density at radius 3 is 2.38 bits per heavy atom. The van der Waals surface area contributed by atoms with Crippen LogP contribution >= 0.6 is 0 Å². The molecule has 1 saturated heterocycles. The van der Waals surface area contributed by atoms with Gasteiger partial charge in [-0.3, -0.25) is 0 Å². The summed E-state index contributed by atoms with van der Waals surface area (Å²) in [6, 6.07) is 7.65.